The molecule has 13 heavy (non-hydrogen) atoms. The van der Waals surface area contributed by atoms with Gasteiger partial charge in [0.2, 0.25) is 0 Å². The molecule has 0 aliphatic heterocycles. The molecule has 0 unspecified atom stereocenters. The third-order valence-electron chi connectivity index (χ3n) is 2.92. The second-order valence-electron chi connectivity index (χ2n) is 4.38. The van der Waals surface area contributed by atoms with Crippen LogP contribution in [0, 0.1) is 11.8 Å². The summed E-state index contributed by atoms with van der Waals surface area (Å²) >= 11 is 0. The zero-order valence-electron chi connectivity index (χ0n) is 8.83. The van der Waals surface area contributed by atoms with Gasteiger partial charge in [0.25, 0.3) is 0 Å². The van der Waals surface area contributed by atoms with E-state index in [9.17, 15) is 0 Å². The van der Waals surface area contributed by atoms with E-state index in [0.29, 0.717) is 0 Å². The molecule has 0 amide bonds. The highest BCUT2D eigenvalue weighted by Gasteiger charge is 2.20. The van der Waals surface area contributed by atoms with Gasteiger partial charge < -0.3 is 10.6 Å². The maximum absolute atomic E-state index is 5.64. The Hall–Kier alpha value is 0.210. The van der Waals surface area contributed by atoms with Gasteiger partial charge in [-0.1, -0.05) is 0 Å². The van der Waals surface area contributed by atoms with Crippen molar-refractivity contribution in [3.63, 3.8) is 0 Å². The summed E-state index contributed by atoms with van der Waals surface area (Å²) in [5.41, 5.74) is 5.64. The van der Waals surface area contributed by atoms with Crippen LogP contribution in [0.3, 0.4) is 0 Å². The minimum atomic E-state index is 0. The third kappa shape index (κ3) is 4.84. The molecule has 1 aliphatic carbocycles. The van der Waals surface area contributed by atoms with E-state index in [4.69, 9.17) is 5.73 Å². The molecule has 0 aromatic carbocycles. The van der Waals surface area contributed by atoms with Gasteiger partial charge in [-0.15, -0.1) is 12.4 Å². The molecule has 0 atom stereocenters. The molecule has 0 saturated heterocycles. The third-order valence-corrected chi connectivity index (χ3v) is 2.92. The average Bonchev–Trinajstić information content (AvgIpc) is 2.05. The Bertz CT molecular complexity index is 120. The van der Waals surface area contributed by atoms with Crippen molar-refractivity contribution in [3.05, 3.63) is 0 Å². The second-order valence-corrected chi connectivity index (χ2v) is 4.38. The first-order chi connectivity index (χ1) is 5.72. The van der Waals surface area contributed by atoms with Crippen molar-refractivity contribution in [1.82, 2.24) is 4.90 Å². The lowest BCUT2D eigenvalue weighted by Gasteiger charge is -2.29. The van der Waals surface area contributed by atoms with Gasteiger partial charge in [0.1, 0.15) is 0 Å². The normalized spacial score (nSPS) is 28.6. The summed E-state index contributed by atoms with van der Waals surface area (Å²) in [6.07, 6.45) is 5.49. The van der Waals surface area contributed by atoms with Crippen molar-refractivity contribution in [2.75, 3.05) is 27.2 Å². The maximum Gasteiger partial charge on any atom is 0.000356 e. The second kappa shape index (κ2) is 6.63. The predicted octanol–water partition coefficient (Wildman–Crippen LogP) is 1.73. The summed E-state index contributed by atoms with van der Waals surface area (Å²) in [7, 11) is 4.32. The van der Waals surface area contributed by atoms with Gasteiger partial charge >= 0.3 is 0 Å². The first-order valence-electron chi connectivity index (χ1n) is 5.07. The van der Waals surface area contributed by atoms with Crippen LogP contribution >= 0.6 is 12.4 Å². The summed E-state index contributed by atoms with van der Waals surface area (Å²) in [6.45, 7) is 2.16. The number of hydrogen-bond donors (Lipinski definition) is 1. The van der Waals surface area contributed by atoms with Crippen molar-refractivity contribution in [1.29, 1.82) is 0 Å². The van der Waals surface area contributed by atoms with Gasteiger partial charge in [-0.2, -0.15) is 0 Å². The first-order valence-corrected chi connectivity index (χ1v) is 5.07. The molecule has 0 aromatic rings. The summed E-state index contributed by atoms with van der Waals surface area (Å²) in [6, 6.07) is 0. The van der Waals surface area contributed by atoms with Crippen molar-refractivity contribution < 1.29 is 0 Å². The van der Waals surface area contributed by atoms with Crippen LogP contribution in [0.15, 0.2) is 0 Å². The topological polar surface area (TPSA) is 29.3 Å². The molecule has 0 spiro atoms. The van der Waals surface area contributed by atoms with E-state index in [-0.39, 0.29) is 12.4 Å². The van der Waals surface area contributed by atoms with Crippen molar-refractivity contribution >= 4 is 12.4 Å². The van der Waals surface area contributed by atoms with E-state index in [2.05, 4.69) is 19.0 Å². The molecule has 0 radical (unpaired) electrons. The van der Waals surface area contributed by atoms with Crippen LogP contribution in [0.1, 0.15) is 25.7 Å². The van der Waals surface area contributed by atoms with E-state index in [1.165, 1.54) is 32.2 Å². The van der Waals surface area contributed by atoms with Crippen molar-refractivity contribution in [2.24, 2.45) is 17.6 Å². The van der Waals surface area contributed by atoms with Crippen LogP contribution in [-0.2, 0) is 0 Å². The molecule has 2 N–H and O–H groups in total. The van der Waals surface area contributed by atoms with Crippen LogP contribution in [0.4, 0.5) is 0 Å². The van der Waals surface area contributed by atoms with E-state index in [1.807, 2.05) is 0 Å². The predicted molar refractivity (Wildman–Crippen MR) is 60.3 cm³/mol. The summed E-state index contributed by atoms with van der Waals surface area (Å²) in [5, 5.41) is 0. The lowest BCUT2D eigenvalue weighted by Crippen LogP contribution is -2.27. The Kier molecular flexibility index (Phi) is 6.74. The Morgan fingerprint density at radius 2 is 1.54 bits per heavy atom. The zero-order valence-corrected chi connectivity index (χ0v) is 9.65. The van der Waals surface area contributed by atoms with Crippen molar-refractivity contribution in [2.45, 2.75) is 25.7 Å². The molecule has 80 valence electrons. The minimum Gasteiger partial charge on any atom is -0.330 e. The smallest absolute Gasteiger partial charge is 0.000356 e. The summed E-state index contributed by atoms with van der Waals surface area (Å²) in [4.78, 5) is 2.30. The van der Waals surface area contributed by atoms with Crippen LogP contribution < -0.4 is 5.73 Å². The Balaban J connectivity index is 0.00000144. The van der Waals surface area contributed by atoms with E-state index in [1.54, 1.807) is 0 Å². The molecule has 2 nitrogen and oxygen atoms in total. The monoisotopic (exact) mass is 206 g/mol. The Morgan fingerprint density at radius 3 is 1.92 bits per heavy atom. The molecule has 0 aromatic heterocycles. The fourth-order valence-electron chi connectivity index (χ4n) is 2.17. The highest BCUT2D eigenvalue weighted by Crippen LogP contribution is 2.28. The molecular formula is C10H23ClN2. The van der Waals surface area contributed by atoms with E-state index < -0.39 is 0 Å². The Labute approximate surface area is 88.3 Å². The highest BCUT2D eigenvalue weighted by atomic mass is 35.5. The molecule has 1 aliphatic rings. The van der Waals surface area contributed by atoms with Gasteiger partial charge in [-0.25, -0.2) is 0 Å². The number of hydrogen-bond acceptors (Lipinski definition) is 2. The van der Waals surface area contributed by atoms with E-state index in [0.717, 1.165) is 18.4 Å². The average molecular weight is 207 g/mol. The molecule has 1 saturated carbocycles. The van der Waals surface area contributed by atoms with Gasteiger partial charge in [-0.3, -0.25) is 0 Å². The van der Waals surface area contributed by atoms with Gasteiger partial charge in [0.05, 0.1) is 0 Å². The summed E-state index contributed by atoms with van der Waals surface area (Å²) < 4.78 is 0. The van der Waals surface area contributed by atoms with Crippen molar-refractivity contribution in [3.8, 4) is 0 Å². The molecule has 1 rings (SSSR count). The van der Waals surface area contributed by atoms with Gasteiger partial charge in [0, 0.05) is 6.54 Å². The van der Waals surface area contributed by atoms with Crippen LogP contribution in [0.2, 0.25) is 0 Å². The largest absolute Gasteiger partial charge is 0.330 e. The molecular weight excluding hydrogens is 184 g/mol. The molecule has 3 heteroatoms. The molecule has 0 heterocycles. The van der Waals surface area contributed by atoms with E-state index >= 15 is 0 Å². The number of nitrogens with two attached hydrogens (primary N) is 1. The quantitative estimate of drug-likeness (QED) is 0.763. The number of halogens is 1. The first kappa shape index (κ1) is 13.2. The minimum absolute atomic E-state index is 0. The summed E-state index contributed by atoms with van der Waals surface area (Å²) in [5.74, 6) is 1.76. The lowest BCUT2D eigenvalue weighted by atomic mass is 9.82. The molecule has 0 bridgehead atoms. The lowest BCUT2D eigenvalue weighted by molar-refractivity contribution is 0.226. The molecule has 1 fully saturated rings. The Morgan fingerprint density at radius 1 is 1.08 bits per heavy atom. The maximum atomic E-state index is 5.64. The van der Waals surface area contributed by atoms with Crippen LogP contribution in [-0.4, -0.2) is 32.1 Å². The standard InChI is InChI=1S/C10H22N2.ClH/c1-12(2)8-10-5-3-9(7-11)4-6-10;/h9-10H,3-8,11H2,1-2H3;1H. The van der Waals surface area contributed by atoms with Crippen LogP contribution in [0.5, 0.6) is 0 Å². The highest BCUT2D eigenvalue weighted by molar-refractivity contribution is 5.85. The van der Waals surface area contributed by atoms with Gasteiger partial charge in [0.15, 0.2) is 0 Å². The number of nitrogens with zero attached hydrogens (tertiary/aromatic N) is 1. The number of rotatable bonds is 3. The zero-order chi connectivity index (χ0) is 8.97. The van der Waals surface area contributed by atoms with Gasteiger partial charge in [-0.05, 0) is 58.2 Å². The van der Waals surface area contributed by atoms with Crippen LogP contribution in [0.25, 0.3) is 0 Å². The fraction of sp³-hybridized carbons (Fsp3) is 1.00. The SMILES string of the molecule is CN(C)CC1CCC(CN)CC1.Cl. The fourth-order valence-corrected chi connectivity index (χ4v) is 2.17.